The number of benzene rings is 2. The van der Waals surface area contributed by atoms with Crippen LogP contribution in [0.3, 0.4) is 0 Å². The van der Waals surface area contributed by atoms with Crippen LogP contribution in [0.4, 0.5) is 0 Å². The predicted molar refractivity (Wildman–Crippen MR) is 127 cm³/mol. The Morgan fingerprint density at radius 1 is 1.11 bits per heavy atom. The number of guanidine groups is 1. The Balaban J connectivity index is 0.00000392. The van der Waals surface area contributed by atoms with Crippen molar-refractivity contribution in [1.82, 2.24) is 14.9 Å². The molecule has 2 aromatic rings. The Hall–Kier alpha value is -1.36. The summed E-state index contributed by atoms with van der Waals surface area (Å²) in [6, 6.07) is 17.0. The van der Waals surface area contributed by atoms with Crippen LogP contribution in [0.1, 0.15) is 11.1 Å². The van der Waals surface area contributed by atoms with Gasteiger partial charge in [0, 0.05) is 38.8 Å². The number of hydrogen-bond donors (Lipinski definition) is 2. The van der Waals surface area contributed by atoms with E-state index in [1.807, 2.05) is 66.5 Å². The molecule has 2 aromatic carbocycles. The molecule has 28 heavy (non-hydrogen) atoms. The highest BCUT2D eigenvalue weighted by atomic mass is 127. The topological polar surface area (TPSA) is 73.8 Å². The molecule has 2 N–H and O–H groups in total. The molecule has 0 aliphatic rings. The van der Waals surface area contributed by atoms with E-state index in [1.54, 1.807) is 7.05 Å². The van der Waals surface area contributed by atoms with Gasteiger partial charge < -0.3 is 10.2 Å². The smallest absolute Gasteiger partial charge is 0.213 e. The molecule has 9 heteroatoms. The molecule has 0 aromatic heterocycles. The monoisotopic (exact) mass is 536 g/mol. The van der Waals surface area contributed by atoms with E-state index >= 15 is 0 Å². The van der Waals surface area contributed by atoms with Crippen LogP contribution in [-0.4, -0.2) is 45.7 Å². The Labute approximate surface area is 189 Å². The highest BCUT2D eigenvalue weighted by Gasteiger charge is 2.12. The first-order valence-corrected chi connectivity index (χ1v) is 10.6. The summed E-state index contributed by atoms with van der Waals surface area (Å²) in [6.45, 7) is 1.10. The minimum absolute atomic E-state index is 0. The van der Waals surface area contributed by atoms with Gasteiger partial charge in [0.25, 0.3) is 0 Å². The van der Waals surface area contributed by atoms with Crippen molar-refractivity contribution < 1.29 is 8.42 Å². The van der Waals surface area contributed by atoms with Crippen LogP contribution < -0.4 is 10.0 Å². The zero-order valence-electron chi connectivity index (χ0n) is 15.9. The van der Waals surface area contributed by atoms with Crippen LogP contribution in [0.15, 0.2) is 59.6 Å². The molecule has 0 heterocycles. The van der Waals surface area contributed by atoms with E-state index in [1.165, 1.54) is 0 Å². The summed E-state index contributed by atoms with van der Waals surface area (Å²) in [5, 5.41) is 3.76. The average Bonchev–Trinajstić information content (AvgIpc) is 2.66. The summed E-state index contributed by atoms with van der Waals surface area (Å²) >= 11 is 6.19. The maximum absolute atomic E-state index is 12.2. The van der Waals surface area contributed by atoms with E-state index in [2.05, 4.69) is 15.0 Å². The van der Waals surface area contributed by atoms with E-state index in [0.717, 1.165) is 11.1 Å². The lowest BCUT2D eigenvalue weighted by Gasteiger charge is -2.22. The first-order valence-electron chi connectivity index (χ1n) is 8.58. The molecule has 0 saturated heterocycles. The summed E-state index contributed by atoms with van der Waals surface area (Å²) in [5.41, 5.74) is 1.89. The van der Waals surface area contributed by atoms with E-state index < -0.39 is 10.0 Å². The molecule has 0 radical (unpaired) electrons. The fourth-order valence-corrected chi connectivity index (χ4v) is 3.60. The molecule has 0 bridgehead atoms. The third-order valence-electron chi connectivity index (χ3n) is 3.93. The molecule has 0 spiro atoms. The van der Waals surface area contributed by atoms with Crippen molar-refractivity contribution in [3.8, 4) is 0 Å². The van der Waals surface area contributed by atoms with E-state index in [-0.39, 0.29) is 42.8 Å². The first kappa shape index (κ1) is 24.7. The molecule has 6 nitrogen and oxygen atoms in total. The summed E-state index contributed by atoms with van der Waals surface area (Å²) in [6.07, 6.45) is 0. The largest absolute Gasteiger partial charge is 0.355 e. The number of nitrogens with zero attached hydrogens (tertiary/aromatic N) is 2. The van der Waals surface area contributed by atoms with Gasteiger partial charge in [-0.3, -0.25) is 4.99 Å². The second-order valence-corrected chi connectivity index (χ2v) is 8.38. The molecule has 0 aliphatic heterocycles. The lowest BCUT2D eigenvalue weighted by molar-refractivity contribution is 0.478. The Morgan fingerprint density at radius 3 is 2.39 bits per heavy atom. The molecular weight excluding hydrogens is 511 g/mol. The molecule has 0 amide bonds. The molecule has 0 atom stereocenters. The second kappa shape index (κ2) is 12.3. The molecule has 0 saturated carbocycles. The second-order valence-electron chi connectivity index (χ2n) is 6.05. The van der Waals surface area contributed by atoms with E-state index in [9.17, 15) is 8.42 Å². The van der Waals surface area contributed by atoms with Crippen LogP contribution in [0.25, 0.3) is 0 Å². The van der Waals surface area contributed by atoms with Crippen molar-refractivity contribution in [2.75, 3.05) is 26.4 Å². The first-order chi connectivity index (χ1) is 12.9. The van der Waals surface area contributed by atoms with Gasteiger partial charge in [0.05, 0.1) is 5.75 Å². The number of aliphatic imine (C=N–C) groups is 1. The average molecular weight is 537 g/mol. The molecule has 154 valence electrons. The van der Waals surface area contributed by atoms with Gasteiger partial charge in [-0.25, -0.2) is 13.1 Å². The van der Waals surface area contributed by atoms with E-state index in [0.29, 0.717) is 17.5 Å². The van der Waals surface area contributed by atoms with Crippen molar-refractivity contribution in [2.24, 2.45) is 4.99 Å². The fraction of sp³-hybridized carbons (Fsp3) is 0.316. The van der Waals surface area contributed by atoms with Crippen LogP contribution >= 0.6 is 35.6 Å². The zero-order valence-corrected chi connectivity index (χ0v) is 19.8. The number of halogens is 2. The van der Waals surface area contributed by atoms with Crippen molar-refractivity contribution in [1.29, 1.82) is 0 Å². The zero-order chi connectivity index (χ0) is 19.7. The highest BCUT2D eigenvalue weighted by Crippen LogP contribution is 2.16. The lowest BCUT2D eigenvalue weighted by Crippen LogP contribution is -2.41. The van der Waals surface area contributed by atoms with Crippen LogP contribution in [0, 0.1) is 0 Å². The summed E-state index contributed by atoms with van der Waals surface area (Å²) in [5.74, 6) is 0.562. The number of sulfonamides is 1. The summed E-state index contributed by atoms with van der Waals surface area (Å²) in [7, 11) is 0.154. The maximum atomic E-state index is 12.2. The molecule has 0 fully saturated rings. The summed E-state index contributed by atoms with van der Waals surface area (Å²) < 4.78 is 26.9. The van der Waals surface area contributed by atoms with Crippen molar-refractivity contribution in [3.63, 3.8) is 0 Å². The van der Waals surface area contributed by atoms with Gasteiger partial charge in [-0.15, -0.1) is 24.0 Å². The SMILES string of the molecule is CN=C(NCCS(=O)(=O)NCc1ccccc1)N(C)Cc1ccccc1Cl.I. The van der Waals surface area contributed by atoms with Crippen LogP contribution in [0.5, 0.6) is 0 Å². The van der Waals surface area contributed by atoms with E-state index in [4.69, 9.17) is 11.6 Å². The quantitative estimate of drug-likeness (QED) is 0.309. The van der Waals surface area contributed by atoms with Crippen molar-refractivity contribution in [3.05, 3.63) is 70.7 Å². The Bertz CT molecular complexity index is 863. The molecule has 2 rings (SSSR count). The van der Waals surface area contributed by atoms with Crippen LogP contribution in [-0.2, 0) is 23.1 Å². The molecule has 0 aliphatic carbocycles. The number of hydrogen-bond acceptors (Lipinski definition) is 3. The predicted octanol–water partition coefficient (Wildman–Crippen LogP) is 3.08. The Kier molecular flexibility index (Phi) is 10.8. The minimum atomic E-state index is -3.38. The molecular formula is C19H26ClIN4O2S. The van der Waals surface area contributed by atoms with Gasteiger partial charge in [0.1, 0.15) is 0 Å². The fourth-order valence-electron chi connectivity index (χ4n) is 2.50. The van der Waals surface area contributed by atoms with Gasteiger partial charge in [-0.2, -0.15) is 0 Å². The molecule has 0 unspecified atom stereocenters. The normalized spacial score (nSPS) is 11.6. The van der Waals surface area contributed by atoms with Gasteiger partial charge in [-0.1, -0.05) is 60.1 Å². The van der Waals surface area contributed by atoms with Gasteiger partial charge in [0.15, 0.2) is 5.96 Å². The summed E-state index contributed by atoms with van der Waals surface area (Å²) in [4.78, 5) is 6.09. The van der Waals surface area contributed by atoms with Crippen molar-refractivity contribution in [2.45, 2.75) is 13.1 Å². The van der Waals surface area contributed by atoms with Crippen molar-refractivity contribution >= 4 is 51.6 Å². The van der Waals surface area contributed by atoms with Crippen LogP contribution in [0.2, 0.25) is 5.02 Å². The van der Waals surface area contributed by atoms with Gasteiger partial charge in [0.2, 0.25) is 10.0 Å². The van der Waals surface area contributed by atoms with Gasteiger partial charge in [-0.05, 0) is 17.2 Å². The minimum Gasteiger partial charge on any atom is -0.355 e. The third-order valence-corrected chi connectivity index (χ3v) is 5.63. The maximum Gasteiger partial charge on any atom is 0.213 e. The number of rotatable bonds is 8. The Morgan fingerprint density at radius 2 is 1.75 bits per heavy atom. The highest BCUT2D eigenvalue weighted by molar-refractivity contribution is 14.0. The third kappa shape index (κ3) is 8.34. The van der Waals surface area contributed by atoms with Gasteiger partial charge >= 0.3 is 0 Å². The number of nitrogens with one attached hydrogen (secondary N) is 2. The lowest BCUT2D eigenvalue weighted by atomic mass is 10.2. The standard InChI is InChI=1S/C19H25ClN4O2S.HI/c1-21-19(24(2)15-17-10-6-7-11-18(17)20)22-12-13-27(25,26)23-14-16-8-4-3-5-9-16;/h3-11,23H,12-15H2,1-2H3,(H,21,22);1H.